The summed E-state index contributed by atoms with van der Waals surface area (Å²) in [6, 6.07) is 12.5. The zero-order valence-corrected chi connectivity index (χ0v) is 17.7. The molecule has 0 saturated heterocycles. The van der Waals surface area contributed by atoms with E-state index < -0.39 is 0 Å². The smallest absolute Gasteiger partial charge is 0.221 e. The maximum Gasteiger partial charge on any atom is 0.221 e. The van der Waals surface area contributed by atoms with Crippen LogP contribution in [-0.2, 0) is 11.3 Å². The molecule has 3 N–H and O–H groups in total. The molecule has 3 rings (SSSR count). The van der Waals surface area contributed by atoms with Crippen molar-refractivity contribution in [2.45, 2.75) is 39.3 Å². The van der Waals surface area contributed by atoms with Gasteiger partial charge in [0.25, 0.3) is 0 Å². The quantitative estimate of drug-likeness (QED) is 0.453. The highest BCUT2D eigenvalue weighted by molar-refractivity contribution is 5.88. The number of amides is 1. The van der Waals surface area contributed by atoms with Gasteiger partial charge in [-0.25, -0.2) is 4.39 Å². The highest BCUT2D eigenvalue weighted by atomic mass is 19.1. The fourth-order valence-corrected chi connectivity index (χ4v) is 3.03. The molecule has 1 aliphatic rings. The lowest BCUT2D eigenvalue weighted by Crippen LogP contribution is -2.38. The number of ether oxygens (including phenoxy) is 1. The third kappa shape index (κ3) is 6.47. The molecule has 1 aliphatic carbocycles. The van der Waals surface area contributed by atoms with E-state index in [1.54, 1.807) is 13.1 Å². The first kappa shape index (κ1) is 21.6. The molecular weight excluding hydrogens is 383 g/mol. The molecule has 6 nitrogen and oxygen atoms in total. The first-order chi connectivity index (χ1) is 14.4. The molecule has 0 radical (unpaired) electrons. The van der Waals surface area contributed by atoms with Gasteiger partial charge in [-0.1, -0.05) is 18.2 Å². The van der Waals surface area contributed by atoms with Crippen LogP contribution in [0.4, 0.5) is 10.1 Å². The zero-order valence-electron chi connectivity index (χ0n) is 17.7. The molecule has 7 heteroatoms. The molecule has 1 fully saturated rings. The summed E-state index contributed by atoms with van der Waals surface area (Å²) in [5.41, 5.74) is 2.56. The first-order valence-electron chi connectivity index (χ1n) is 10.2. The molecular formula is C23H29FN4O2. The third-order valence-electron chi connectivity index (χ3n) is 4.91. The molecule has 1 unspecified atom stereocenters. The number of rotatable bonds is 8. The average molecular weight is 413 g/mol. The molecule has 1 atom stereocenters. The Bertz CT molecular complexity index is 912. The predicted molar refractivity (Wildman–Crippen MR) is 117 cm³/mol. The van der Waals surface area contributed by atoms with Crippen molar-refractivity contribution in [1.82, 2.24) is 10.6 Å². The standard InChI is InChI=1S/C23H29FN4O2/c1-15(19-9-10-22(21(24)12-19)30-14-17-7-8-17)27-23(25-3)26-13-18-5-4-6-20(11-18)28-16(2)29/h4-6,9-12,15,17H,7-8,13-14H2,1-3H3,(H,28,29)(H2,25,26,27). The van der Waals surface area contributed by atoms with Crippen LogP contribution in [0.2, 0.25) is 0 Å². The largest absolute Gasteiger partial charge is 0.490 e. The van der Waals surface area contributed by atoms with Crippen molar-refractivity contribution in [1.29, 1.82) is 0 Å². The summed E-state index contributed by atoms with van der Waals surface area (Å²) in [7, 11) is 1.69. The van der Waals surface area contributed by atoms with Crippen LogP contribution in [0, 0.1) is 11.7 Å². The fourth-order valence-electron chi connectivity index (χ4n) is 3.03. The highest BCUT2D eigenvalue weighted by Crippen LogP contribution is 2.30. The first-order valence-corrected chi connectivity index (χ1v) is 10.2. The van der Waals surface area contributed by atoms with E-state index >= 15 is 0 Å². The molecule has 160 valence electrons. The summed E-state index contributed by atoms with van der Waals surface area (Å²) in [4.78, 5) is 15.5. The van der Waals surface area contributed by atoms with Crippen molar-refractivity contribution in [3.63, 3.8) is 0 Å². The number of hydrogen-bond donors (Lipinski definition) is 3. The Kier molecular flexibility index (Phi) is 7.27. The van der Waals surface area contributed by atoms with Crippen molar-refractivity contribution in [3.8, 4) is 5.75 Å². The molecule has 0 aromatic heterocycles. The zero-order chi connectivity index (χ0) is 21.5. The van der Waals surface area contributed by atoms with Crippen LogP contribution < -0.4 is 20.7 Å². The normalized spacial score (nSPS) is 14.7. The van der Waals surface area contributed by atoms with Gasteiger partial charge in [-0.3, -0.25) is 9.79 Å². The van der Waals surface area contributed by atoms with Gasteiger partial charge in [0.2, 0.25) is 5.91 Å². The number of benzene rings is 2. The molecule has 2 aromatic carbocycles. The van der Waals surface area contributed by atoms with Crippen LogP contribution in [0.25, 0.3) is 0 Å². The van der Waals surface area contributed by atoms with Gasteiger partial charge >= 0.3 is 0 Å². The number of aliphatic imine (C=N–C) groups is 1. The van der Waals surface area contributed by atoms with E-state index in [1.165, 1.54) is 25.8 Å². The van der Waals surface area contributed by atoms with Gasteiger partial charge in [0, 0.05) is 26.2 Å². The van der Waals surface area contributed by atoms with E-state index in [4.69, 9.17) is 4.74 Å². The fraction of sp³-hybridized carbons (Fsp3) is 0.391. The maximum absolute atomic E-state index is 14.4. The van der Waals surface area contributed by atoms with Crippen molar-refractivity contribution >= 4 is 17.6 Å². The van der Waals surface area contributed by atoms with Gasteiger partial charge in [0.15, 0.2) is 17.5 Å². The lowest BCUT2D eigenvalue weighted by molar-refractivity contribution is -0.114. The van der Waals surface area contributed by atoms with E-state index in [0.29, 0.717) is 30.8 Å². The minimum atomic E-state index is -0.348. The lowest BCUT2D eigenvalue weighted by Gasteiger charge is -2.19. The topological polar surface area (TPSA) is 74.8 Å². The van der Waals surface area contributed by atoms with Gasteiger partial charge in [0.05, 0.1) is 12.6 Å². The summed E-state index contributed by atoms with van der Waals surface area (Å²) >= 11 is 0. The van der Waals surface area contributed by atoms with Gasteiger partial charge in [-0.15, -0.1) is 0 Å². The third-order valence-corrected chi connectivity index (χ3v) is 4.91. The molecule has 0 bridgehead atoms. The summed E-state index contributed by atoms with van der Waals surface area (Å²) < 4.78 is 19.9. The van der Waals surface area contributed by atoms with Crippen LogP contribution in [0.3, 0.4) is 0 Å². The van der Waals surface area contributed by atoms with Gasteiger partial charge in [0.1, 0.15) is 0 Å². The van der Waals surface area contributed by atoms with Crippen LogP contribution in [0.5, 0.6) is 5.75 Å². The number of carbonyl (C=O) groups is 1. The monoisotopic (exact) mass is 412 g/mol. The Balaban J connectivity index is 1.54. The lowest BCUT2D eigenvalue weighted by atomic mass is 10.1. The summed E-state index contributed by atoms with van der Waals surface area (Å²) in [6.07, 6.45) is 2.34. The summed E-state index contributed by atoms with van der Waals surface area (Å²) in [5.74, 6) is 1.03. The second kappa shape index (κ2) is 10.1. The van der Waals surface area contributed by atoms with E-state index in [-0.39, 0.29) is 17.8 Å². The van der Waals surface area contributed by atoms with Crippen LogP contribution in [0.15, 0.2) is 47.5 Å². The number of hydrogen-bond acceptors (Lipinski definition) is 3. The van der Waals surface area contributed by atoms with Crippen molar-refractivity contribution in [2.24, 2.45) is 10.9 Å². The van der Waals surface area contributed by atoms with Crippen molar-refractivity contribution < 1.29 is 13.9 Å². The molecule has 0 aliphatic heterocycles. The van der Waals surface area contributed by atoms with E-state index in [9.17, 15) is 9.18 Å². The van der Waals surface area contributed by atoms with Crippen molar-refractivity contribution in [3.05, 3.63) is 59.4 Å². The number of anilines is 1. The number of nitrogens with one attached hydrogen (secondary N) is 3. The van der Waals surface area contributed by atoms with Crippen LogP contribution in [-0.4, -0.2) is 25.5 Å². The molecule has 30 heavy (non-hydrogen) atoms. The Hall–Kier alpha value is -3.09. The molecule has 0 spiro atoms. The SMILES string of the molecule is CN=C(NCc1cccc(NC(C)=O)c1)NC(C)c1ccc(OCC2CC2)c(F)c1. The Morgan fingerprint density at radius 1 is 1.27 bits per heavy atom. The molecule has 2 aromatic rings. The highest BCUT2D eigenvalue weighted by Gasteiger charge is 2.22. The van der Waals surface area contributed by atoms with Crippen molar-refractivity contribution in [2.75, 3.05) is 19.0 Å². The second-order valence-corrected chi connectivity index (χ2v) is 7.62. The Morgan fingerprint density at radius 3 is 2.73 bits per heavy atom. The Labute approximate surface area is 176 Å². The summed E-state index contributed by atoms with van der Waals surface area (Å²) in [6.45, 7) is 4.54. The number of nitrogens with zero attached hydrogens (tertiary/aromatic N) is 1. The van der Waals surface area contributed by atoms with Gasteiger partial charge in [-0.2, -0.15) is 0 Å². The number of carbonyl (C=O) groups excluding carboxylic acids is 1. The van der Waals surface area contributed by atoms with E-state index in [0.717, 1.165) is 16.8 Å². The summed E-state index contributed by atoms with van der Waals surface area (Å²) in [5, 5.41) is 9.28. The van der Waals surface area contributed by atoms with E-state index in [2.05, 4.69) is 20.9 Å². The number of guanidine groups is 1. The minimum absolute atomic E-state index is 0.109. The molecule has 1 saturated carbocycles. The molecule has 1 amide bonds. The maximum atomic E-state index is 14.4. The Morgan fingerprint density at radius 2 is 2.07 bits per heavy atom. The predicted octanol–water partition coefficient (Wildman–Crippen LogP) is 4.00. The minimum Gasteiger partial charge on any atom is -0.490 e. The second-order valence-electron chi connectivity index (χ2n) is 7.62. The average Bonchev–Trinajstić information content (AvgIpc) is 3.54. The van der Waals surface area contributed by atoms with Gasteiger partial charge in [-0.05, 0) is 61.1 Å². The van der Waals surface area contributed by atoms with Crippen LogP contribution >= 0.6 is 0 Å². The van der Waals surface area contributed by atoms with E-state index in [1.807, 2.05) is 37.3 Å². The number of halogens is 1. The molecule has 0 heterocycles. The van der Waals surface area contributed by atoms with Crippen LogP contribution in [0.1, 0.15) is 43.9 Å². The van der Waals surface area contributed by atoms with Gasteiger partial charge < -0.3 is 20.7 Å².